The summed E-state index contributed by atoms with van der Waals surface area (Å²) in [7, 11) is 0. The summed E-state index contributed by atoms with van der Waals surface area (Å²) in [6, 6.07) is 6.20. The van der Waals surface area contributed by atoms with Crippen molar-refractivity contribution in [3.05, 3.63) is 33.0 Å². The summed E-state index contributed by atoms with van der Waals surface area (Å²) in [6.45, 7) is 5.09. The van der Waals surface area contributed by atoms with Gasteiger partial charge in [-0.2, -0.15) is 5.10 Å². The molecule has 1 aromatic heterocycles. The highest BCUT2D eigenvalue weighted by Gasteiger charge is 2.08. The van der Waals surface area contributed by atoms with Crippen molar-refractivity contribution in [2.45, 2.75) is 26.8 Å². The molecule has 0 atom stereocenters. The number of aromatic amines is 1. The number of rotatable bonds is 3. The molecule has 0 saturated heterocycles. The molecule has 0 unspecified atom stereocenters. The smallest absolute Gasteiger partial charge is 0.195 e. The zero-order valence-electron chi connectivity index (χ0n) is 9.83. The van der Waals surface area contributed by atoms with Gasteiger partial charge in [-0.1, -0.05) is 28.9 Å². The van der Waals surface area contributed by atoms with E-state index >= 15 is 0 Å². The maximum Gasteiger partial charge on any atom is 0.195 e. The number of nitrogens with one attached hydrogen (secondary N) is 1. The predicted molar refractivity (Wildman–Crippen MR) is 75.6 cm³/mol. The first-order chi connectivity index (χ1) is 8.13. The third-order valence-corrected chi connectivity index (χ3v) is 3.82. The Morgan fingerprint density at radius 2 is 2.24 bits per heavy atom. The summed E-state index contributed by atoms with van der Waals surface area (Å²) < 4.78 is 3.83. The van der Waals surface area contributed by atoms with Crippen LogP contribution in [0.2, 0.25) is 0 Å². The van der Waals surface area contributed by atoms with Crippen LogP contribution in [-0.2, 0) is 6.54 Å². The average Bonchev–Trinajstić information content (AvgIpc) is 2.66. The summed E-state index contributed by atoms with van der Waals surface area (Å²) in [4.78, 5) is 0. The lowest BCUT2D eigenvalue weighted by Gasteiger charge is -2.06. The van der Waals surface area contributed by atoms with Gasteiger partial charge in [0.1, 0.15) is 0 Å². The van der Waals surface area contributed by atoms with Crippen LogP contribution in [0.25, 0.3) is 11.4 Å². The lowest BCUT2D eigenvalue weighted by molar-refractivity contribution is 0.675. The summed E-state index contributed by atoms with van der Waals surface area (Å²) in [6.07, 6.45) is 1.04. The fraction of sp³-hybridized carbons (Fsp3) is 0.333. The zero-order valence-corrected chi connectivity index (χ0v) is 12.2. The van der Waals surface area contributed by atoms with Gasteiger partial charge in [-0.3, -0.25) is 5.10 Å². The van der Waals surface area contributed by atoms with Gasteiger partial charge in [-0.25, -0.2) is 0 Å². The van der Waals surface area contributed by atoms with Gasteiger partial charge in [-0.15, -0.1) is 0 Å². The average molecular weight is 312 g/mol. The fourth-order valence-corrected chi connectivity index (χ4v) is 2.22. The Morgan fingerprint density at radius 1 is 1.47 bits per heavy atom. The SMILES string of the molecule is CCCn1c(-c2ccc(Br)c(C)c2)n[nH]c1=S. The molecule has 2 aromatic rings. The van der Waals surface area contributed by atoms with Crippen molar-refractivity contribution in [2.75, 3.05) is 0 Å². The summed E-state index contributed by atoms with van der Waals surface area (Å²) in [5.41, 5.74) is 2.28. The standard InChI is InChI=1S/C12H14BrN3S/c1-3-6-16-11(14-15-12(16)17)9-4-5-10(13)8(2)7-9/h4-5,7H,3,6H2,1-2H3,(H,15,17). The third-order valence-electron chi connectivity index (χ3n) is 2.62. The molecule has 0 spiro atoms. The molecule has 17 heavy (non-hydrogen) atoms. The molecule has 0 fully saturated rings. The van der Waals surface area contributed by atoms with Crippen LogP contribution in [0.15, 0.2) is 22.7 Å². The molecule has 0 radical (unpaired) electrons. The third kappa shape index (κ3) is 2.50. The number of nitrogens with zero attached hydrogens (tertiary/aromatic N) is 2. The van der Waals surface area contributed by atoms with Crippen LogP contribution >= 0.6 is 28.1 Å². The molecule has 2 rings (SSSR count). The maximum absolute atomic E-state index is 5.23. The van der Waals surface area contributed by atoms with E-state index in [1.165, 1.54) is 5.56 Å². The Labute approximate surface area is 114 Å². The van der Waals surface area contributed by atoms with E-state index in [4.69, 9.17) is 12.2 Å². The first-order valence-electron chi connectivity index (χ1n) is 5.55. The molecule has 0 saturated carbocycles. The second-order valence-electron chi connectivity index (χ2n) is 3.97. The Bertz CT molecular complexity index is 586. The molecule has 1 aromatic carbocycles. The Balaban J connectivity index is 2.52. The van der Waals surface area contributed by atoms with E-state index in [0.717, 1.165) is 28.8 Å². The van der Waals surface area contributed by atoms with E-state index in [2.05, 4.69) is 46.0 Å². The Hall–Kier alpha value is -0.940. The fourth-order valence-electron chi connectivity index (χ4n) is 1.75. The molecule has 0 aliphatic carbocycles. The molecule has 3 nitrogen and oxygen atoms in total. The van der Waals surface area contributed by atoms with Gasteiger partial charge in [-0.05, 0) is 43.3 Å². The van der Waals surface area contributed by atoms with Crippen molar-refractivity contribution < 1.29 is 0 Å². The Morgan fingerprint density at radius 3 is 2.88 bits per heavy atom. The van der Waals surface area contributed by atoms with Crippen molar-refractivity contribution in [2.24, 2.45) is 0 Å². The number of hydrogen-bond acceptors (Lipinski definition) is 2. The highest BCUT2D eigenvalue weighted by Crippen LogP contribution is 2.24. The lowest BCUT2D eigenvalue weighted by atomic mass is 10.1. The molecule has 0 aliphatic rings. The zero-order chi connectivity index (χ0) is 12.4. The minimum atomic E-state index is 0.683. The number of halogens is 1. The van der Waals surface area contributed by atoms with E-state index < -0.39 is 0 Å². The summed E-state index contributed by atoms with van der Waals surface area (Å²) >= 11 is 8.73. The number of benzene rings is 1. The number of hydrogen-bond donors (Lipinski definition) is 1. The van der Waals surface area contributed by atoms with Crippen LogP contribution in [0.5, 0.6) is 0 Å². The molecule has 1 N–H and O–H groups in total. The second kappa shape index (κ2) is 5.14. The van der Waals surface area contributed by atoms with Gasteiger partial charge in [0.2, 0.25) is 0 Å². The molecular weight excluding hydrogens is 298 g/mol. The molecule has 0 aliphatic heterocycles. The van der Waals surface area contributed by atoms with Crippen LogP contribution in [0.3, 0.4) is 0 Å². The predicted octanol–water partition coefficient (Wildman–Crippen LogP) is 4.09. The topological polar surface area (TPSA) is 33.6 Å². The highest BCUT2D eigenvalue weighted by atomic mass is 79.9. The van der Waals surface area contributed by atoms with E-state index in [0.29, 0.717) is 4.77 Å². The first-order valence-corrected chi connectivity index (χ1v) is 6.75. The van der Waals surface area contributed by atoms with Gasteiger partial charge in [0.15, 0.2) is 10.6 Å². The molecule has 0 bridgehead atoms. The summed E-state index contributed by atoms with van der Waals surface area (Å²) in [5, 5.41) is 7.16. The normalized spacial score (nSPS) is 10.8. The van der Waals surface area contributed by atoms with Crippen molar-refractivity contribution in [3.8, 4) is 11.4 Å². The maximum atomic E-state index is 5.23. The largest absolute Gasteiger partial charge is 0.300 e. The first kappa shape index (κ1) is 12.5. The van der Waals surface area contributed by atoms with Crippen molar-refractivity contribution in [3.63, 3.8) is 0 Å². The highest BCUT2D eigenvalue weighted by molar-refractivity contribution is 9.10. The molecule has 90 valence electrons. The van der Waals surface area contributed by atoms with Crippen molar-refractivity contribution >= 4 is 28.1 Å². The van der Waals surface area contributed by atoms with Crippen molar-refractivity contribution in [1.82, 2.24) is 14.8 Å². The number of H-pyrrole nitrogens is 1. The van der Waals surface area contributed by atoms with Crippen LogP contribution in [0, 0.1) is 11.7 Å². The van der Waals surface area contributed by atoms with Gasteiger partial charge in [0.05, 0.1) is 0 Å². The summed E-state index contributed by atoms with van der Waals surface area (Å²) in [5.74, 6) is 0.910. The molecule has 5 heteroatoms. The van der Waals surface area contributed by atoms with E-state index in [9.17, 15) is 0 Å². The van der Waals surface area contributed by atoms with Gasteiger partial charge in [0.25, 0.3) is 0 Å². The van der Waals surface area contributed by atoms with Crippen LogP contribution in [0.4, 0.5) is 0 Å². The number of aromatic nitrogens is 3. The van der Waals surface area contributed by atoms with Crippen LogP contribution < -0.4 is 0 Å². The quantitative estimate of drug-likeness (QED) is 0.866. The Kier molecular flexibility index (Phi) is 3.79. The van der Waals surface area contributed by atoms with Crippen molar-refractivity contribution in [1.29, 1.82) is 0 Å². The van der Waals surface area contributed by atoms with E-state index in [1.807, 2.05) is 16.7 Å². The minimum absolute atomic E-state index is 0.683. The number of aryl methyl sites for hydroxylation is 1. The lowest BCUT2D eigenvalue weighted by Crippen LogP contribution is -2.00. The van der Waals surface area contributed by atoms with E-state index in [1.54, 1.807) is 0 Å². The van der Waals surface area contributed by atoms with Crippen LogP contribution in [-0.4, -0.2) is 14.8 Å². The minimum Gasteiger partial charge on any atom is -0.300 e. The van der Waals surface area contributed by atoms with E-state index in [-0.39, 0.29) is 0 Å². The monoisotopic (exact) mass is 311 g/mol. The molecule has 1 heterocycles. The van der Waals surface area contributed by atoms with Gasteiger partial charge in [0, 0.05) is 16.6 Å². The van der Waals surface area contributed by atoms with Gasteiger partial charge >= 0.3 is 0 Å². The van der Waals surface area contributed by atoms with Crippen LogP contribution in [0.1, 0.15) is 18.9 Å². The van der Waals surface area contributed by atoms with Gasteiger partial charge < -0.3 is 4.57 Å². The molecule has 0 amide bonds. The molecular formula is C12H14BrN3S. The second-order valence-corrected chi connectivity index (χ2v) is 5.21.